The van der Waals surface area contributed by atoms with E-state index in [1.54, 1.807) is 11.3 Å². The van der Waals surface area contributed by atoms with Gasteiger partial charge in [0.1, 0.15) is 5.01 Å². The first-order valence-electron chi connectivity index (χ1n) is 8.74. The van der Waals surface area contributed by atoms with Crippen LogP contribution in [0.5, 0.6) is 0 Å². The van der Waals surface area contributed by atoms with Crippen molar-refractivity contribution in [3.05, 3.63) is 68.5 Å². The van der Waals surface area contributed by atoms with Crippen LogP contribution in [0.2, 0.25) is 0 Å². The Hall–Kier alpha value is -2.46. The molecule has 0 aliphatic heterocycles. The minimum absolute atomic E-state index is 0.0341. The summed E-state index contributed by atoms with van der Waals surface area (Å²) in [7, 11) is 0. The Morgan fingerprint density at radius 2 is 1.73 bits per heavy atom. The number of carbonyl (C=O) groups excluding carboxylic acids is 1. The fourth-order valence-corrected chi connectivity index (χ4v) is 3.83. The summed E-state index contributed by atoms with van der Waals surface area (Å²) in [4.78, 5) is 17.1. The van der Waals surface area contributed by atoms with Gasteiger partial charge in [-0.2, -0.15) is 0 Å². The highest BCUT2D eigenvalue weighted by atomic mass is 32.1. The molecule has 3 rings (SSSR count). The standard InChI is InChI=1S/C22H24N2OS/c1-13-8-6-7-9-19(13)23-21(25)11-22-24-20(12-26-22)18-10-14(2)15(3)16(4)17(18)5/h6-10,12H,11H2,1-5H3,(H,23,25). The van der Waals surface area contributed by atoms with Gasteiger partial charge in [0.05, 0.1) is 12.1 Å². The number of para-hydroxylation sites is 1. The van der Waals surface area contributed by atoms with Crippen molar-refractivity contribution in [1.82, 2.24) is 4.98 Å². The predicted molar refractivity (Wildman–Crippen MR) is 110 cm³/mol. The van der Waals surface area contributed by atoms with Crippen molar-refractivity contribution in [2.24, 2.45) is 0 Å². The van der Waals surface area contributed by atoms with Crippen molar-refractivity contribution in [2.45, 2.75) is 41.0 Å². The summed E-state index contributed by atoms with van der Waals surface area (Å²) in [6.07, 6.45) is 0.294. The fourth-order valence-electron chi connectivity index (χ4n) is 3.04. The molecule has 1 heterocycles. The predicted octanol–water partition coefficient (Wildman–Crippen LogP) is 5.53. The van der Waals surface area contributed by atoms with Crippen LogP contribution in [0, 0.1) is 34.6 Å². The van der Waals surface area contributed by atoms with E-state index in [0.29, 0.717) is 6.42 Å². The lowest BCUT2D eigenvalue weighted by Crippen LogP contribution is -2.15. The third-order valence-corrected chi connectivity index (χ3v) is 5.89. The van der Waals surface area contributed by atoms with Gasteiger partial charge in [0.2, 0.25) is 5.91 Å². The van der Waals surface area contributed by atoms with Crippen LogP contribution < -0.4 is 5.32 Å². The molecular formula is C22H24N2OS. The summed E-state index contributed by atoms with van der Waals surface area (Å²) >= 11 is 1.54. The molecule has 0 unspecified atom stereocenters. The molecule has 0 fully saturated rings. The third-order valence-electron chi connectivity index (χ3n) is 5.04. The summed E-state index contributed by atoms with van der Waals surface area (Å²) in [5.74, 6) is -0.0341. The average Bonchev–Trinajstić information content (AvgIpc) is 3.06. The minimum Gasteiger partial charge on any atom is -0.325 e. The molecule has 2 aromatic carbocycles. The molecule has 0 atom stereocenters. The maximum absolute atomic E-state index is 12.4. The first-order valence-corrected chi connectivity index (χ1v) is 9.62. The highest BCUT2D eigenvalue weighted by Crippen LogP contribution is 2.30. The smallest absolute Gasteiger partial charge is 0.231 e. The van der Waals surface area contributed by atoms with Gasteiger partial charge in [0.25, 0.3) is 0 Å². The molecule has 4 heteroatoms. The number of anilines is 1. The number of hydrogen-bond acceptors (Lipinski definition) is 3. The lowest BCUT2D eigenvalue weighted by atomic mass is 9.93. The molecule has 0 radical (unpaired) electrons. The lowest BCUT2D eigenvalue weighted by Gasteiger charge is -2.12. The van der Waals surface area contributed by atoms with Crippen molar-refractivity contribution < 1.29 is 4.79 Å². The second kappa shape index (κ2) is 7.42. The van der Waals surface area contributed by atoms with E-state index in [4.69, 9.17) is 4.98 Å². The molecule has 134 valence electrons. The summed E-state index contributed by atoms with van der Waals surface area (Å²) < 4.78 is 0. The number of aromatic nitrogens is 1. The first-order chi connectivity index (χ1) is 12.4. The van der Waals surface area contributed by atoms with Crippen molar-refractivity contribution in [1.29, 1.82) is 0 Å². The Morgan fingerprint density at radius 3 is 2.46 bits per heavy atom. The van der Waals surface area contributed by atoms with Gasteiger partial charge in [-0.05, 0) is 74.6 Å². The lowest BCUT2D eigenvalue weighted by molar-refractivity contribution is -0.115. The van der Waals surface area contributed by atoms with E-state index in [9.17, 15) is 4.79 Å². The molecule has 1 N–H and O–H groups in total. The molecule has 0 spiro atoms. The fraction of sp³-hybridized carbons (Fsp3) is 0.273. The SMILES string of the molecule is Cc1ccccc1NC(=O)Cc1nc(-c2cc(C)c(C)c(C)c2C)cs1. The maximum atomic E-state index is 12.4. The summed E-state index contributed by atoms with van der Waals surface area (Å²) in [5, 5.41) is 5.86. The number of carbonyl (C=O) groups is 1. The van der Waals surface area contributed by atoms with Crippen molar-refractivity contribution in [3.63, 3.8) is 0 Å². The van der Waals surface area contributed by atoms with Gasteiger partial charge in [0.15, 0.2) is 0 Å². The van der Waals surface area contributed by atoms with Crippen molar-refractivity contribution >= 4 is 22.9 Å². The van der Waals surface area contributed by atoms with E-state index >= 15 is 0 Å². The van der Waals surface area contributed by atoms with Crippen LogP contribution in [0.4, 0.5) is 5.69 Å². The number of rotatable bonds is 4. The Morgan fingerprint density at radius 1 is 1.00 bits per heavy atom. The number of amides is 1. The summed E-state index contributed by atoms with van der Waals surface area (Å²) in [6, 6.07) is 9.99. The monoisotopic (exact) mass is 364 g/mol. The number of benzene rings is 2. The molecule has 0 saturated carbocycles. The van der Waals surface area contributed by atoms with Gasteiger partial charge in [-0.15, -0.1) is 11.3 Å². The van der Waals surface area contributed by atoms with Crippen LogP contribution in [0.15, 0.2) is 35.7 Å². The summed E-state index contributed by atoms with van der Waals surface area (Å²) in [5.41, 5.74) is 9.21. The Bertz CT molecular complexity index is 972. The zero-order chi connectivity index (χ0) is 18.8. The third kappa shape index (κ3) is 3.70. The number of hydrogen-bond donors (Lipinski definition) is 1. The normalized spacial score (nSPS) is 10.8. The van der Waals surface area contributed by atoms with Crippen molar-refractivity contribution in [2.75, 3.05) is 5.32 Å². The Kier molecular flexibility index (Phi) is 5.23. The van der Waals surface area contributed by atoms with Gasteiger partial charge in [-0.1, -0.05) is 18.2 Å². The van der Waals surface area contributed by atoms with E-state index < -0.39 is 0 Å². The number of nitrogens with one attached hydrogen (secondary N) is 1. The van der Waals surface area contributed by atoms with Crippen molar-refractivity contribution in [3.8, 4) is 11.3 Å². The van der Waals surface area contributed by atoms with Gasteiger partial charge in [0, 0.05) is 16.6 Å². The second-order valence-electron chi connectivity index (χ2n) is 6.78. The van der Waals surface area contributed by atoms with E-state index in [0.717, 1.165) is 27.5 Å². The highest BCUT2D eigenvalue weighted by molar-refractivity contribution is 7.10. The molecular weight excluding hydrogens is 340 g/mol. The van der Waals surface area contributed by atoms with E-state index in [1.165, 1.54) is 22.3 Å². The van der Waals surface area contributed by atoms with Crippen LogP contribution in [0.1, 0.15) is 32.8 Å². The average molecular weight is 365 g/mol. The van der Waals surface area contributed by atoms with Crippen LogP contribution >= 0.6 is 11.3 Å². The number of nitrogens with zero attached hydrogens (tertiary/aromatic N) is 1. The van der Waals surface area contributed by atoms with Crippen LogP contribution in [0.3, 0.4) is 0 Å². The highest BCUT2D eigenvalue weighted by Gasteiger charge is 2.14. The first kappa shape index (κ1) is 18.3. The molecule has 1 aromatic heterocycles. The quantitative estimate of drug-likeness (QED) is 0.661. The van der Waals surface area contributed by atoms with Crippen LogP contribution in [-0.4, -0.2) is 10.9 Å². The van der Waals surface area contributed by atoms with Gasteiger partial charge in [-0.25, -0.2) is 4.98 Å². The molecule has 1 amide bonds. The van der Waals surface area contributed by atoms with Crippen LogP contribution in [-0.2, 0) is 11.2 Å². The zero-order valence-electron chi connectivity index (χ0n) is 15.9. The van der Waals surface area contributed by atoms with Gasteiger partial charge >= 0.3 is 0 Å². The molecule has 3 aromatic rings. The van der Waals surface area contributed by atoms with E-state index in [1.807, 2.05) is 36.6 Å². The Labute approximate surface area is 159 Å². The maximum Gasteiger partial charge on any atom is 0.231 e. The second-order valence-corrected chi connectivity index (χ2v) is 7.73. The molecule has 0 bridgehead atoms. The minimum atomic E-state index is -0.0341. The topological polar surface area (TPSA) is 42.0 Å². The molecule has 0 saturated heterocycles. The van der Waals surface area contributed by atoms with Gasteiger partial charge < -0.3 is 5.32 Å². The Balaban J connectivity index is 1.79. The van der Waals surface area contributed by atoms with E-state index in [-0.39, 0.29) is 5.91 Å². The van der Waals surface area contributed by atoms with E-state index in [2.05, 4.69) is 39.1 Å². The molecule has 3 nitrogen and oxygen atoms in total. The number of thiazole rings is 1. The van der Waals surface area contributed by atoms with Crippen LogP contribution in [0.25, 0.3) is 11.3 Å². The van der Waals surface area contributed by atoms with Gasteiger partial charge in [-0.3, -0.25) is 4.79 Å². The molecule has 0 aliphatic rings. The number of aryl methyl sites for hydroxylation is 2. The molecule has 0 aliphatic carbocycles. The molecule has 26 heavy (non-hydrogen) atoms. The summed E-state index contributed by atoms with van der Waals surface area (Å²) in [6.45, 7) is 10.6. The zero-order valence-corrected chi connectivity index (χ0v) is 16.8. The largest absolute Gasteiger partial charge is 0.325 e.